The first-order chi connectivity index (χ1) is 6.17. The van der Waals surface area contributed by atoms with Crippen molar-refractivity contribution in [3.05, 3.63) is 0 Å². The first-order valence-electron chi connectivity index (χ1n) is 4.75. The summed E-state index contributed by atoms with van der Waals surface area (Å²) in [4.78, 5) is 13.4. The molecule has 2 saturated heterocycles. The molecule has 13 heavy (non-hydrogen) atoms. The second-order valence-electron chi connectivity index (χ2n) is 4.16. The van der Waals surface area contributed by atoms with Gasteiger partial charge in [0.05, 0.1) is 12.6 Å². The quantitative estimate of drug-likeness (QED) is 0.598. The van der Waals surface area contributed by atoms with Crippen LogP contribution in [0.4, 0.5) is 4.79 Å². The van der Waals surface area contributed by atoms with E-state index in [2.05, 4.69) is 12.2 Å². The molecule has 1 N–H and O–H groups in total. The second-order valence-corrected chi connectivity index (χ2v) is 4.16. The van der Waals surface area contributed by atoms with Gasteiger partial charge in [0.25, 0.3) is 0 Å². The average Bonchev–Trinajstić information content (AvgIpc) is 2.31. The molecule has 0 saturated carbocycles. The molecule has 0 radical (unpaired) electrons. The Kier molecular flexibility index (Phi) is 1.95. The van der Waals surface area contributed by atoms with E-state index in [1.807, 2.05) is 4.90 Å². The van der Waals surface area contributed by atoms with Crippen molar-refractivity contribution in [3.63, 3.8) is 0 Å². The summed E-state index contributed by atoms with van der Waals surface area (Å²) in [7, 11) is 1.45. The van der Waals surface area contributed by atoms with Gasteiger partial charge in [-0.2, -0.15) is 0 Å². The third-order valence-corrected chi connectivity index (χ3v) is 3.22. The highest BCUT2D eigenvalue weighted by molar-refractivity contribution is 5.69. The number of fused-ring (bicyclic) bond motifs is 2. The molecule has 2 atom stereocenters. The molecule has 0 aromatic rings. The Balaban J connectivity index is 2.21. The van der Waals surface area contributed by atoms with E-state index in [0.717, 1.165) is 25.9 Å². The summed E-state index contributed by atoms with van der Waals surface area (Å²) in [6.45, 7) is 3.92. The van der Waals surface area contributed by atoms with Crippen LogP contribution >= 0.6 is 0 Å². The maximum absolute atomic E-state index is 11.5. The van der Waals surface area contributed by atoms with Crippen LogP contribution < -0.4 is 5.32 Å². The Hall–Kier alpha value is -0.770. The van der Waals surface area contributed by atoms with Crippen LogP contribution in [-0.4, -0.2) is 42.8 Å². The number of ether oxygens (including phenoxy) is 1. The number of hydrogen-bond acceptors (Lipinski definition) is 3. The maximum Gasteiger partial charge on any atom is 0.410 e. The molecule has 0 aliphatic carbocycles. The highest BCUT2D eigenvalue weighted by atomic mass is 16.5. The van der Waals surface area contributed by atoms with E-state index in [1.54, 1.807) is 0 Å². The molecular formula is C9H16N2O2. The Morgan fingerprint density at radius 3 is 3.08 bits per heavy atom. The van der Waals surface area contributed by atoms with Crippen LogP contribution in [0.25, 0.3) is 0 Å². The lowest BCUT2D eigenvalue weighted by atomic mass is 9.99. The summed E-state index contributed by atoms with van der Waals surface area (Å²) in [6.07, 6.45) is 2.00. The number of rotatable bonds is 0. The molecule has 0 aromatic heterocycles. The third kappa shape index (κ3) is 1.20. The fourth-order valence-corrected chi connectivity index (χ4v) is 2.51. The van der Waals surface area contributed by atoms with Gasteiger partial charge in [0, 0.05) is 19.1 Å². The summed E-state index contributed by atoms with van der Waals surface area (Å²) in [5.41, 5.74) is -0.0178. The molecule has 2 aliphatic heterocycles. The zero-order chi connectivity index (χ0) is 9.47. The van der Waals surface area contributed by atoms with Crippen molar-refractivity contribution in [1.29, 1.82) is 0 Å². The third-order valence-electron chi connectivity index (χ3n) is 3.22. The van der Waals surface area contributed by atoms with Crippen LogP contribution in [0.15, 0.2) is 0 Å². The molecule has 0 aromatic carbocycles. The lowest BCUT2D eigenvalue weighted by Gasteiger charge is -2.41. The van der Waals surface area contributed by atoms with Crippen LogP contribution in [0.3, 0.4) is 0 Å². The number of piperazine rings is 1. The Morgan fingerprint density at radius 2 is 2.46 bits per heavy atom. The van der Waals surface area contributed by atoms with Crippen LogP contribution in [-0.2, 0) is 4.74 Å². The Bertz CT molecular complexity index is 228. The summed E-state index contributed by atoms with van der Waals surface area (Å²) >= 11 is 0. The monoisotopic (exact) mass is 184 g/mol. The summed E-state index contributed by atoms with van der Waals surface area (Å²) in [5, 5.41) is 3.35. The minimum Gasteiger partial charge on any atom is -0.453 e. The molecule has 0 spiro atoms. The highest BCUT2D eigenvalue weighted by Crippen LogP contribution is 2.36. The number of carbonyl (C=O) groups is 1. The molecule has 2 bridgehead atoms. The lowest BCUT2D eigenvalue weighted by molar-refractivity contribution is 0.0574. The Labute approximate surface area is 78.2 Å². The van der Waals surface area contributed by atoms with E-state index in [-0.39, 0.29) is 11.6 Å². The van der Waals surface area contributed by atoms with E-state index in [0.29, 0.717) is 6.04 Å². The largest absolute Gasteiger partial charge is 0.453 e. The van der Waals surface area contributed by atoms with E-state index in [9.17, 15) is 4.79 Å². The first kappa shape index (κ1) is 8.81. The van der Waals surface area contributed by atoms with Crippen molar-refractivity contribution in [1.82, 2.24) is 10.2 Å². The molecular weight excluding hydrogens is 168 g/mol. The highest BCUT2D eigenvalue weighted by Gasteiger charge is 2.48. The predicted octanol–water partition coefficient (Wildman–Crippen LogP) is 0.579. The van der Waals surface area contributed by atoms with Crippen molar-refractivity contribution in [2.75, 3.05) is 20.2 Å². The van der Waals surface area contributed by atoms with Crippen LogP contribution in [0.5, 0.6) is 0 Å². The van der Waals surface area contributed by atoms with Gasteiger partial charge in [0.2, 0.25) is 0 Å². The van der Waals surface area contributed by atoms with Crippen molar-refractivity contribution in [2.24, 2.45) is 0 Å². The molecule has 2 heterocycles. The maximum atomic E-state index is 11.5. The van der Waals surface area contributed by atoms with Crippen LogP contribution in [0.2, 0.25) is 0 Å². The number of methoxy groups -OCH3 is 1. The van der Waals surface area contributed by atoms with Gasteiger partial charge < -0.3 is 10.1 Å². The molecule has 2 rings (SSSR count). The number of nitrogens with one attached hydrogen (secondary N) is 1. The smallest absolute Gasteiger partial charge is 0.410 e. The van der Waals surface area contributed by atoms with E-state index < -0.39 is 0 Å². The SMILES string of the molecule is COC(=O)N1C2CCC1(C)CNC2. The van der Waals surface area contributed by atoms with Gasteiger partial charge in [-0.3, -0.25) is 4.90 Å². The van der Waals surface area contributed by atoms with E-state index in [4.69, 9.17) is 4.74 Å². The normalized spacial score (nSPS) is 37.7. The van der Waals surface area contributed by atoms with Gasteiger partial charge in [-0.05, 0) is 19.8 Å². The van der Waals surface area contributed by atoms with Gasteiger partial charge in [-0.25, -0.2) is 4.79 Å². The Morgan fingerprint density at radius 1 is 1.69 bits per heavy atom. The molecule has 4 nitrogen and oxygen atoms in total. The van der Waals surface area contributed by atoms with Gasteiger partial charge >= 0.3 is 6.09 Å². The zero-order valence-corrected chi connectivity index (χ0v) is 8.17. The lowest BCUT2D eigenvalue weighted by Crippen LogP contribution is -2.60. The fourth-order valence-electron chi connectivity index (χ4n) is 2.51. The average molecular weight is 184 g/mol. The molecule has 2 aliphatic rings. The van der Waals surface area contributed by atoms with Crippen molar-refractivity contribution in [3.8, 4) is 0 Å². The fraction of sp³-hybridized carbons (Fsp3) is 0.889. The van der Waals surface area contributed by atoms with Crippen molar-refractivity contribution >= 4 is 6.09 Å². The topological polar surface area (TPSA) is 41.6 Å². The minimum absolute atomic E-state index is 0.0178. The first-order valence-corrected chi connectivity index (χ1v) is 4.75. The minimum atomic E-state index is -0.175. The number of amides is 1. The van der Waals surface area contributed by atoms with Gasteiger partial charge in [0.1, 0.15) is 0 Å². The van der Waals surface area contributed by atoms with E-state index in [1.165, 1.54) is 7.11 Å². The van der Waals surface area contributed by atoms with Crippen molar-refractivity contribution < 1.29 is 9.53 Å². The number of carbonyl (C=O) groups excluding carboxylic acids is 1. The second kappa shape index (κ2) is 2.87. The molecule has 74 valence electrons. The molecule has 2 fully saturated rings. The summed E-state index contributed by atoms with van der Waals surface area (Å²) < 4.78 is 4.79. The summed E-state index contributed by atoms with van der Waals surface area (Å²) in [6, 6.07) is 0.339. The number of hydrogen-bond donors (Lipinski definition) is 1. The van der Waals surface area contributed by atoms with Crippen LogP contribution in [0, 0.1) is 0 Å². The zero-order valence-electron chi connectivity index (χ0n) is 8.17. The van der Waals surface area contributed by atoms with Gasteiger partial charge in [-0.15, -0.1) is 0 Å². The molecule has 1 amide bonds. The number of nitrogens with zero attached hydrogens (tertiary/aromatic N) is 1. The predicted molar refractivity (Wildman–Crippen MR) is 48.5 cm³/mol. The van der Waals surface area contributed by atoms with Crippen molar-refractivity contribution in [2.45, 2.75) is 31.3 Å². The van der Waals surface area contributed by atoms with Gasteiger partial charge in [-0.1, -0.05) is 0 Å². The van der Waals surface area contributed by atoms with E-state index >= 15 is 0 Å². The summed E-state index contributed by atoms with van der Waals surface area (Å²) in [5.74, 6) is 0. The molecule has 2 unspecified atom stereocenters. The van der Waals surface area contributed by atoms with Crippen LogP contribution in [0.1, 0.15) is 19.8 Å². The van der Waals surface area contributed by atoms with Gasteiger partial charge in [0.15, 0.2) is 0 Å². The molecule has 4 heteroatoms. The standard InChI is InChI=1S/C9H16N2O2/c1-9-4-3-7(5-10-6-9)11(9)8(12)13-2/h7,10H,3-6H2,1-2H3.